The summed E-state index contributed by atoms with van der Waals surface area (Å²) >= 11 is 7.70. The van der Waals surface area contributed by atoms with Gasteiger partial charge in [0.2, 0.25) is 5.13 Å². The second-order valence-electron chi connectivity index (χ2n) is 5.24. The van der Waals surface area contributed by atoms with Crippen molar-refractivity contribution in [2.75, 3.05) is 5.43 Å². The third-order valence-electron chi connectivity index (χ3n) is 3.41. The molecule has 1 aromatic heterocycles. The number of aryl methyl sites for hydroxylation is 2. The van der Waals surface area contributed by atoms with Gasteiger partial charge in [-0.15, -0.1) is 11.3 Å². The summed E-state index contributed by atoms with van der Waals surface area (Å²) in [5.74, 6) is 0. The van der Waals surface area contributed by atoms with Gasteiger partial charge in [0, 0.05) is 16.0 Å². The number of rotatable bonds is 4. The Morgan fingerprint density at radius 2 is 1.83 bits per heavy atom. The maximum atomic E-state index is 6.17. The standard InChI is InChI=1S/C18H16ClN3S/c1-12-8-14(9-13(2)17(12)19)10-20-22-18-21-16(11-23-18)15-6-4-3-5-7-15/h3-11H,1-2H3,(H,21,22). The number of aromatic nitrogens is 1. The van der Waals surface area contributed by atoms with Crippen molar-refractivity contribution < 1.29 is 0 Å². The number of nitrogens with zero attached hydrogens (tertiary/aromatic N) is 2. The lowest BCUT2D eigenvalue weighted by Crippen LogP contribution is -1.92. The summed E-state index contributed by atoms with van der Waals surface area (Å²) in [4.78, 5) is 4.53. The van der Waals surface area contributed by atoms with Gasteiger partial charge < -0.3 is 0 Å². The zero-order valence-corrected chi connectivity index (χ0v) is 14.4. The van der Waals surface area contributed by atoms with Gasteiger partial charge in [-0.25, -0.2) is 4.98 Å². The number of thiazole rings is 1. The molecule has 1 N–H and O–H groups in total. The van der Waals surface area contributed by atoms with Crippen molar-refractivity contribution >= 4 is 34.3 Å². The largest absolute Gasteiger partial charge is 0.253 e. The summed E-state index contributed by atoms with van der Waals surface area (Å²) < 4.78 is 0. The van der Waals surface area contributed by atoms with E-state index >= 15 is 0 Å². The molecule has 0 saturated heterocycles. The van der Waals surface area contributed by atoms with Crippen LogP contribution in [0.3, 0.4) is 0 Å². The van der Waals surface area contributed by atoms with E-state index in [1.165, 1.54) is 11.3 Å². The second-order valence-corrected chi connectivity index (χ2v) is 6.48. The minimum atomic E-state index is 0.766. The van der Waals surface area contributed by atoms with Crippen molar-refractivity contribution in [2.24, 2.45) is 5.10 Å². The van der Waals surface area contributed by atoms with E-state index in [-0.39, 0.29) is 0 Å². The fourth-order valence-electron chi connectivity index (χ4n) is 2.28. The van der Waals surface area contributed by atoms with Crippen LogP contribution in [0.25, 0.3) is 11.3 Å². The Hall–Kier alpha value is -2.17. The summed E-state index contributed by atoms with van der Waals surface area (Å²) in [6, 6.07) is 14.1. The van der Waals surface area contributed by atoms with Gasteiger partial charge in [-0.3, -0.25) is 5.43 Å². The minimum Gasteiger partial charge on any atom is -0.253 e. The Kier molecular flexibility index (Phi) is 4.74. The molecule has 3 aromatic rings. The molecule has 2 aromatic carbocycles. The van der Waals surface area contributed by atoms with Crippen molar-refractivity contribution in [1.82, 2.24) is 4.98 Å². The summed E-state index contributed by atoms with van der Waals surface area (Å²) in [6.07, 6.45) is 1.78. The number of hydrogen-bond donors (Lipinski definition) is 1. The number of hydrazone groups is 1. The summed E-state index contributed by atoms with van der Waals surface area (Å²) in [7, 11) is 0. The van der Waals surface area contributed by atoms with Gasteiger partial charge in [0.05, 0.1) is 11.9 Å². The molecule has 0 aliphatic heterocycles. The van der Waals surface area contributed by atoms with Gasteiger partial charge in [-0.05, 0) is 42.7 Å². The number of nitrogens with one attached hydrogen (secondary N) is 1. The Balaban J connectivity index is 1.70. The van der Waals surface area contributed by atoms with Gasteiger partial charge in [0.25, 0.3) is 0 Å². The van der Waals surface area contributed by atoms with Gasteiger partial charge in [0.15, 0.2) is 0 Å². The average Bonchev–Trinajstić information content (AvgIpc) is 3.02. The van der Waals surface area contributed by atoms with Crippen LogP contribution in [0.2, 0.25) is 5.02 Å². The normalized spacial score (nSPS) is 11.1. The molecule has 116 valence electrons. The zero-order chi connectivity index (χ0) is 16.2. The molecule has 1 heterocycles. The van der Waals surface area contributed by atoms with E-state index in [1.54, 1.807) is 6.21 Å². The molecule has 3 nitrogen and oxygen atoms in total. The molecule has 0 spiro atoms. The Morgan fingerprint density at radius 3 is 2.52 bits per heavy atom. The van der Waals surface area contributed by atoms with E-state index in [0.717, 1.165) is 38.1 Å². The zero-order valence-electron chi connectivity index (χ0n) is 12.9. The maximum Gasteiger partial charge on any atom is 0.203 e. The first-order chi connectivity index (χ1) is 11.1. The van der Waals surface area contributed by atoms with Crippen LogP contribution in [0, 0.1) is 13.8 Å². The lowest BCUT2D eigenvalue weighted by atomic mass is 10.1. The van der Waals surface area contributed by atoms with E-state index in [4.69, 9.17) is 11.6 Å². The molecule has 3 rings (SSSR count). The lowest BCUT2D eigenvalue weighted by Gasteiger charge is -2.03. The highest BCUT2D eigenvalue weighted by Crippen LogP contribution is 2.24. The van der Waals surface area contributed by atoms with Crippen LogP contribution in [-0.4, -0.2) is 11.2 Å². The molecule has 0 unspecified atom stereocenters. The number of benzene rings is 2. The quantitative estimate of drug-likeness (QED) is 0.500. The third-order valence-corrected chi connectivity index (χ3v) is 4.75. The Bertz CT molecular complexity index is 817. The van der Waals surface area contributed by atoms with Crippen molar-refractivity contribution in [3.63, 3.8) is 0 Å². The molecule has 0 bridgehead atoms. The van der Waals surface area contributed by atoms with E-state index in [0.29, 0.717) is 0 Å². The highest BCUT2D eigenvalue weighted by Gasteiger charge is 2.03. The van der Waals surface area contributed by atoms with E-state index in [9.17, 15) is 0 Å². The Morgan fingerprint density at radius 1 is 1.13 bits per heavy atom. The highest BCUT2D eigenvalue weighted by molar-refractivity contribution is 7.14. The molecule has 0 aliphatic rings. The molecule has 5 heteroatoms. The summed E-state index contributed by atoms with van der Waals surface area (Å²) in [6.45, 7) is 3.99. The SMILES string of the molecule is Cc1cc(C=NNc2nc(-c3ccccc3)cs2)cc(C)c1Cl. The van der Waals surface area contributed by atoms with Gasteiger partial charge in [-0.1, -0.05) is 41.9 Å². The number of anilines is 1. The first-order valence-corrected chi connectivity index (χ1v) is 8.46. The highest BCUT2D eigenvalue weighted by atomic mass is 35.5. The number of hydrogen-bond acceptors (Lipinski definition) is 4. The minimum absolute atomic E-state index is 0.766. The first kappa shape index (κ1) is 15.7. The van der Waals surface area contributed by atoms with Crippen LogP contribution < -0.4 is 5.43 Å². The van der Waals surface area contributed by atoms with Crippen molar-refractivity contribution in [3.8, 4) is 11.3 Å². The third kappa shape index (κ3) is 3.78. The van der Waals surface area contributed by atoms with Crippen LogP contribution in [0.5, 0.6) is 0 Å². The predicted molar refractivity (Wildman–Crippen MR) is 99.7 cm³/mol. The molecule has 0 saturated carbocycles. The van der Waals surface area contributed by atoms with Crippen LogP contribution in [0.15, 0.2) is 52.9 Å². The second kappa shape index (κ2) is 6.94. The molecular weight excluding hydrogens is 326 g/mol. The average molecular weight is 342 g/mol. The summed E-state index contributed by atoms with van der Waals surface area (Å²) in [5.41, 5.74) is 8.14. The molecule has 0 radical (unpaired) electrons. The van der Waals surface area contributed by atoms with E-state index in [1.807, 2.05) is 61.7 Å². The molecule has 0 amide bonds. The van der Waals surface area contributed by atoms with Crippen LogP contribution >= 0.6 is 22.9 Å². The van der Waals surface area contributed by atoms with Gasteiger partial charge in [-0.2, -0.15) is 5.10 Å². The van der Waals surface area contributed by atoms with Crippen LogP contribution in [0.4, 0.5) is 5.13 Å². The van der Waals surface area contributed by atoms with E-state index in [2.05, 4.69) is 15.5 Å². The molecule has 0 fully saturated rings. The van der Waals surface area contributed by atoms with E-state index < -0.39 is 0 Å². The maximum absolute atomic E-state index is 6.17. The predicted octanol–water partition coefficient (Wildman–Crippen LogP) is 5.53. The Labute approximate surface area is 144 Å². The van der Waals surface area contributed by atoms with Gasteiger partial charge >= 0.3 is 0 Å². The van der Waals surface area contributed by atoms with Crippen molar-refractivity contribution in [1.29, 1.82) is 0 Å². The number of halogens is 1. The first-order valence-electron chi connectivity index (χ1n) is 7.20. The molecular formula is C18H16ClN3S. The molecule has 23 heavy (non-hydrogen) atoms. The molecule has 0 atom stereocenters. The van der Waals surface area contributed by atoms with Crippen molar-refractivity contribution in [3.05, 3.63) is 69.6 Å². The summed E-state index contributed by atoms with van der Waals surface area (Å²) in [5, 5.41) is 7.85. The van der Waals surface area contributed by atoms with Crippen LogP contribution in [0.1, 0.15) is 16.7 Å². The monoisotopic (exact) mass is 341 g/mol. The lowest BCUT2D eigenvalue weighted by molar-refractivity contribution is 1.28. The topological polar surface area (TPSA) is 37.3 Å². The van der Waals surface area contributed by atoms with Crippen molar-refractivity contribution in [2.45, 2.75) is 13.8 Å². The smallest absolute Gasteiger partial charge is 0.203 e. The van der Waals surface area contributed by atoms with Crippen LogP contribution in [-0.2, 0) is 0 Å². The molecule has 0 aliphatic carbocycles. The van der Waals surface area contributed by atoms with Gasteiger partial charge in [0.1, 0.15) is 0 Å². The fourth-order valence-corrected chi connectivity index (χ4v) is 3.06. The fraction of sp³-hybridized carbons (Fsp3) is 0.111.